The van der Waals surface area contributed by atoms with Gasteiger partial charge in [-0.25, -0.2) is 0 Å². The molecular weight excluding hydrogens is 665 g/mol. The molecule has 0 atom stereocenters. The van der Waals surface area contributed by atoms with Gasteiger partial charge in [-0.1, -0.05) is 190 Å². The quantitative estimate of drug-likeness (QED) is 0.0424. The maximum Gasteiger partial charge on any atom is 0.150 e. The Morgan fingerprint density at radius 1 is 0.407 bits per heavy atom. The molecule has 290 valence electrons. The molecule has 0 aliphatic rings. The maximum absolute atomic E-state index is 11.2. The van der Waals surface area contributed by atoms with Crippen LogP contribution in [0.15, 0.2) is 60.7 Å². The summed E-state index contributed by atoms with van der Waals surface area (Å²) in [5, 5.41) is 0. The third-order valence-corrected chi connectivity index (χ3v) is 9.87. The summed E-state index contributed by atoms with van der Waals surface area (Å²) in [5.74, 6) is 14.5. The molecule has 0 aliphatic heterocycles. The Balaban J connectivity index is 1.61. The second-order valence-corrected chi connectivity index (χ2v) is 14.6. The molecule has 0 saturated heterocycles. The average molecular weight is 731 g/mol. The molecule has 54 heavy (non-hydrogen) atoms. The van der Waals surface area contributed by atoms with Crippen LogP contribution >= 0.6 is 0 Å². The Labute approximate surface area is 328 Å². The smallest absolute Gasteiger partial charge is 0.150 e. The summed E-state index contributed by atoms with van der Waals surface area (Å²) in [5.41, 5.74) is 4.39. The second kappa shape index (κ2) is 29.1. The Bertz CT molecular complexity index is 1580. The number of carbonyl (C=O) groups excluding carboxylic acids is 2. The molecule has 0 heterocycles. The van der Waals surface area contributed by atoms with E-state index in [2.05, 4.69) is 37.5 Å². The van der Waals surface area contributed by atoms with Gasteiger partial charge in [0.2, 0.25) is 0 Å². The Hall–Kier alpha value is -4.28. The molecule has 3 aromatic carbocycles. The van der Waals surface area contributed by atoms with Gasteiger partial charge in [0.1, 0.15) is 24.1 Å². The normalized spacial score (nSPS) is 10.6. The van der Waals surface area contributed by atoms with E-state index in [9.17, 15) is 9.59 Å². The monoisotopic (exact) mass is 730 g/mol. The number of carbonyl (C=O) groups is 2. The summed E-state index contributed by atoms with van der Waals surface area (Å²) in [6.07, 6.45) is 30.1. The predicted octanol–water partition coefficient (Wildman–Crippen LogP) is 13.5. The van der Waals surface area contributed by atoms with Crippen molar-refractivity contribution in [3.8, 4) is 35.2 Å². The van der Waals surface area contributed by atoms with Gasteiger partial charge in [0.25, 0.3) is 0 Å². The first kappa shape index (κ1) is 44.1. The van der Waals surface area contributed by atoms with Crippen molar-refractivity contribution >= 4 is 12.6 Å². The molecule has 0 saturated carbocycles. The van der Waals surface area contributed by atoms with Gasteiger partial charge in [0.05, 0.1) is 24.3 Å². The third-order valence-electron chi connectivity index (χ3n) is 9.87. The van der Waals surface area contributed by atoms with Gasteiger partial charge in [0, 0.05) is 34.4 Å². The van der Waals surface area contributed by atoms with Crippen molar-refractivity contribution in [2.24, 2.45) is 0 Å². The van der Waals surface area contributed by atoms with Crippen LogP contribution in [0.2, 0.25) is 0 Å². The van der Waals surface area contributed by atoms with Crippen molar-refractivity contribution in [2.45, 2.75) is 155 Å². The zero-order valence-electron chi connectivity index (χ0n) is 33.5. The van der Waals surface area contributed by atoms with Crippen molar-refractivity contribution in [3.05, 3.63) is 94.0 Å². The summed E-state index contributed by atoms with van der Waals surface area (Å²) in [6, 6.07) is 18.5. The summed E-state index contributed by atoms with van der Waals surface area (Å²) in [6.45, 7) is 5.73. The highest BCUT2D eigenvalue weighted by molar-refractivity contribution is 5.75. The van der Waals surface area contributed by atoms with Crippen LogP contribution < -0.4 is 9.47 Å². The first-order chi connectivity index (χ1) is 26.7. The molecule has 3 rings (SSSR count). The predicted molar refractivity (Wildman–Crippen MR) is 226 cm³/mol. The molecule has 3 aromatic rings. The van der Waals surface area contributed by atoms with E-state index < -0.39 is 0 Å². The van der Waals surface area contributed by atoms with E-state index in [1.807, 2.05) is 36.4 Å². The van der Waals surface area contributed by atoms with Gasteiger partial charge >= 0.3 is 0 Å². The molecule has 0 aliphatic carbocycles. The summed E-state index contributed by atoms with van der Waals surface area (Å²) in [7, 11) is 0. The number of aldehydes is 2. The number of hydrogen-bond acceptors (Lipinski definition) is 4. The molecule has 4 heteroatoms. The minimum absolute atomic E-state index is 0.605. The maximum atomic E-state index is 11.2. The highest BCUT2D eigenvalue weighted by atomic mass is 16.5. The van der Waals surface area contributed by atoms with Crippen LogP contribution in [0, 0.1) is 23.7 Å². The molecule has 0 unspecified atom stereocenters. The molecular formula is C50H66O4. The third kappa shape index (κ3) is 19.2. The van der Waals surface area contributed by atoms with Gasteiger partial charge in [-0.05, 0) is 37.1 Å². The van der Waals surface area contributed by atoms with Gasteiger partial charge in [-0.3, -0.25) is 9.59 Å². The van der Waals surface area contributed by atoms with Crippen molar-refractivity contribution in [1.29, 1.82) is 0 Å². The van der Waals surface area contributed by atoms with Gasteiger partial charge in [-0.2, -0.15) is 0 Å². The lowest BCUT2D eigenvalue weighted by molar-refractivity contribution is 0.111. The van der Waals surface area contributed by atoms with E-state index in [1.54, 1.807) is 24.3 Å². The minimum atomic E-state index is 0.605. The lowest BCUT2D eigenvalue weighted by Gasteiger charge is -2.14. The molecule has 4 nitrogen and oxygen atoms in total. The minimum Gasteiger partial charge on any atom is -0.492 e. The summed E-state index contributed by atoms with van der Waals surface area (Å²) >= 11 is 0. The first-order valence-electron chi connectivity index (χ1n) is 21.2. The molecule has 0 aromatic heterocycles. The molecule has 0 radical (unpaired) electrons. The van der Waals surface area contributed by atoms with Crippen LogP contribution in [0.5, 0.6) is 11.5 Å². The average Bonchev–Trinajstić information content (AvgIpc) is 3.21. The lowest BCUT2D eigenvalue weighted by atomic mass is 10.0. The standard InChI is InChI=1S/C50H66O4/c1-3-5-7-9-11-12-13-14-15-16-17-18-19-20-22-24-38-54-50-40-47(35-33-43-25-29-45(41-51)30-26-43)49(53-37-23-21-10-8-6-4-2)39-48(50)36-34-44-27-31-46(42-52)32-28-44/h25-32,39-42H,3-24,37-38H2,1-2H3. The lowest BCUT2D eigenvalue weighted by Crippen LogP contribution is -2.03. The number of hydrogen-bond donors (Lipinski definition) is 0. The molecule has 0 amide bonds. The van der Waals surface area contributed by atoms with Crippen LogP contribution in [0.3, 0.4) is 0 Å². The van der Waals surface area contributed by atoms with Crippen molar-refractivity contribution in [2.75, 3.05) is 13.2 Å². The Kier molecular flexibility index (Phi) is 23.8. The molecule has 0 fully saturated rings. The molecule has 0 N–H and O–H groups in total. The van der Waals surface area contributed by atoms with Crippen molar-refractivity contribution in [1.82, 2.24) is 0 Å². The molecule has 0 spiro atoms. The van der Waals surface area contributed by atoms with Crippen LogP contribution in [0.25, 0.3) is 0 Å². The zero-order chi connectivity index (χ0) is 38.3. The van der Waals surface area contributed by atoms with Crippen LogP contribution in [-0.4, -0.2) is 25.8 Å². The summed E-state index contributed by atoms with van der Waals surface area (Å²) in [4.78, 5) is 22.3. The highest BCUT2D eigenvalue weighted by Gasteiger charge is 2.11. The van der Waals surface area contributed by atoms with Gasteiger partial charge in [-0.15, -0.1) is 0 Å². The van der Waals surface area contributed by atoms with E-state index in [4.69, 9.17) is 9.47 Å². The summed E-state index contributed by atoms with van der Waals surface area (Å²) < 4.78 is 12.8. The van der Waals surface area contributed by atoms with Crippen molar-refractivity contribution in [3.63, 3.8) is 0 Å². The van der Waals surface area contributed by atoms with Crippen LogP contribution in [-0.2, 0) is 0 Å². The fourth-order valence-corrected chi connectivity index (χ4v) is 6.46. The first-order valence-corrected chi connectivity index (χ1v) is 21.2. The highest BCUT2D eigenvalue weighted by Crippen LogP contribution is 2.29. The van der Waals surface area contributed by atoms with E-state index in [0.717, 1.165) is 60.5 Å². The number of rotatable bonds is 28. The largest absolute Gasteiger partial charge is 0.492 e. The van der Waals surface area contributed by atoms with Gasteiger partial charge in [0.15, 0.2) is 0 Å². The van der Waals surface area contributed by atoms with E-state index in [1.165, 1.54) is 116 Å². The number of ether oxygens (including phenoxy) is 2. The van der Waals surface area contributed by atoms with Crippen LogP contribution in [0.1, 0.15) is 198 Å². The van der Waals surface area contributed by atoms with E-state index in [0.29, 0.717) is 35.8 Å². The fraction of sp³-hybridized carbons (Fsp3) is 0.520. The van der Waals surface area contributed by atoms with E-state index in [-0.39, 0.29) is 0 Å². The SMILES string of the molecule is CCCCCCCCCCCCCCCCCCOc1cc(C#Cc2ccc(C=O)cc2)c(OCCCCCCCC)cc1C#Cc1ccc(C=O)cc1. The Morgan fingerprint density at radius 2 is 0.704 bits per heavy atom. The Morgan fingerprint density at radius 3 is 1.00 bits per heavy atom. The number of benzene rings is 3. The molecule has 0 bridgehead atoms. The second-order valence-electron chi connectivity index (χ2n) is 14.6. The van der Waals surface area contributed by atoms with Gasteiger partial charge < -0.3 is 9.47 Å². The topological polar surface area (TPSA) is 52.6 Å². The van der Waals surface area contributed by atoms with Crippen molar-refractivity contribution < 1.29 is 19.1 Å². The zero-order valence-corrected chi connectivity index (χ0v) is 33.5. The van der Waals surface area contributed by atoms with Crippen LogP contribution in [0.4, 0.5) is 0 Å². The van der Waals surface area contributed by atoms with E-state index >= 15 is 0 Å². The fourth-order valence-electron chi connectivity index (χ4n) is 6.46. The number of unbranched alkanes of at least 4 members (excludes halogenated alkanes) is 20.